The quantitative estimate of drug-likeness (QED) is 0.549. The molecule has 1 fully saturated rings. The van der Waals surface area contributed by atoms with Crippen molar-refractivity contribution in [3.8, 4) is 0 Å². The van der Waals surface area contributed by atoms with Gasteiger partial charge in [-0.3, -0.25) is 10.1 Å². The molecule has 1 heterocycles. The van der Waals surface area contributed by atoms with Crippen LogP contribution in [0.1, 0.15) is 20.3 Å². The molecule has 0 saturated carbocycles. The topological polar surface area (TPSA) is 61.6 Å². The number of rotatable bonds is 6. The summed E-state index contributed by atoms with van der Waals surface area (Å²) < 4.78 is 0. The van der Waals surface area contributed by atoms with Gasteiger partial charge >= 0.3 is 0 Å². The molecule has 1 aliphatic rings. The van der Waals surface area contributed by atoms with Crippen LogP contribution in [0.3, 0.4) is 0 Å². The van der Waals surface area contributed by atoms with E-state index in [0.29, 0.717) is 5.82 Å². The number of likely N-dealkylation sites (N-methyl/N-ethyl adjacent to an activating group) is 1. The molecular formula is C11H22N4O2. The Kier molecular flexibility index (Phi) is 5.76. The van der Waals surface area contributed by atoms with Crippen molar-refractivity contribution in [2.75, 3.05) is 39.3 Å². The van der Waals surface area contributed by atoms with E-state index in [1.165, 1.54) is 0 Å². The van der Waals surface area contributed by atoms with Crippen LogP contribution < -0.4 is 5.32 Å². The van der Waals surface area contributed by atoms with Crippen LogP contribution in [-0.4, -0.2) is 54.0 Å². The molecule has 0 unspecified atom stereocenters. The van der Waals surface area contributed by atoms with Crippen LogP contribution in [0.2, 0.25) is 0 Å². The van der Waals surface area contributed by atoms with Crippen molar-refractivity contribution in [1.29, 1.82) is 0 Å². The highest BCUT2D eigenvalue weighted by molar-refractivity contribution is 4.97. The van der Waals surface area contributed by atoms with E-state index in [1.807, 2.05) is 0 Å². The second-order valence-electron chi connectivity index (χ2n) is 4.09. The second-order valence-corrected chi connectivity index (χ2v) is 4.09. The SMILES string of the molecule is CCN(CC)CCN1CCCNC1=C[N+](=O)[O-]. The highest BCUT2D eigenvalue weighted by atomic mass is 16.6. The molecule has 1 saturated heterocycles. The van der Waals surface area contributed by atoms with Gasteiger partial charge in [-0.1, -0.05) is 13.8 Å². The van der Waals surface area contributed by atoms with Crippen molar-refractivity contribution in [2.24, 2.45) is 0 Å². The molecule has 0 aromatic carbocycles. The molecule has 6 nitrogen and oxygen atoms in total. The summed E-state index contributed by atoms with van der Waals surface area (Å²) >= 11 is 0. The maximum Gasteiger partial charge on any atom is 0.274 e. The van der Waals surface area contributed by atoms with Crippen LogP contribution in [0.4, 0.5) is 0 Å². The molecule has 0 amide bonds. The van der Waals surface area contributed by atoms with Crippen LogP contribution in [0.25, 0.3) is 0 Å². The fraction of sp³-hybridized carbons (Fsp3) is 0.818. The van der Waals surface area contributed by atoms with E-state index in [0.717, 1.165) is 51.9 Å². The maximum atomic E-state index is 10.5. The normalized spacial score (nSPS) is 18.5. The Hall–Kier alpha value is -1.30. The molecule has 0 aromatic rings. The van der Waals surface area contributed by atoms with Crippen LogP contribution in [0.15, 0.2) is 12.0 Å². The summed E-state index contributed by atoms with van der Waals surface area (Å²) in [4.78, 5) is 14.5. The molecule has 6 heteroatoms. The fourth-order valence-corrected chi connectivity index (χ4v) is 1.98. The fourth-order valence-electron chi connectivity index (χ4n) is 1.98. The number of nitro groups is 1. The second kappa shape index (κ2) is 7.11. The molecule has 1 aliphatic heterocycles. The third-order valence-electron chi connectivity index (χ3n) is 3.06. The minimum Gasteiger partial charge on any atom is -0.367 e. The van der Waals surface area contributed by atoms with Gasteiger partial charge in [0.1, 0.15) is 0 Å². The van der Waals surface area contributed by atoms with Crippen LogP contribution >= 0.6 is 0 Å². The first-order valence-corrected chi connectivity index (χ1v) is 6.23. The van der Waals surface area contributed by atoms with E-state index < -0.39 is 4.92 Å². The molecule has 1 N–H and O–H groups in total. The van der Waals surface area contributed by atoms with E-state index in [-0.39, 0.29) is 0 Å². The van der Waals surface area contributed by atoms with E-state index >= 15 is 0 Å². The first kappa shape index (κ1) is 13.8. The molecular weight excluding hydrogens is 220 g/mol. The van der Waals surface area contributed by atoms with Crippen molar-refractivity contribution >= 4 is 0 Å². The van der Waals surface area contributed by atoms with Gasteiger partial charge in [-0.2, -0.15) is 0 Å². The molecule has 0 bridgehead atoms. The number of hydrogen-bond acceptors (Lipinski definition) is 5. The maximum absolute atomic E-state index is 10.5. The summed E-state index contributed by atoms with van der Waals surface area (Å²) in [6.45, 7) is 9.81. The summed E-state index contributed by atoms with van der Waals surface area (Å²) in [6, 6.07) is 0. The number of nitrogens with one attached hydrogen (secondary N) is 1. The van der Waals surface area contributed by atoms with E-state index in [1.54, 1.807) is 0 Å². The Labute approximate surface area is 102 Å². The lowest BCUT2D eigenvalue weighted by atomic mass is 10.3. The Bertz CT molecular complexity index is 277. The zero-order chi connectivity index (χ0) is 12.7. The van der Waals surface area contributed by atoms with Crippen molar-refractivity contribution in [1.82, 2.24) is 15.1 Å². The highest BCUT2D eigenvalue weighted by Crippen LogP contribution is 2.07. The van der Waals surface area contributed by atoms with Gasteiger partial charge in [-0.15, -0.1) is 0 Å². The Morgan fingerprint density at radius 1 is 1.53 bits per heavy atom. The Balaban J connectivity index is 2.51. The van der Waals surface area contributed by atoms with Gasteiger partial charge < -0.3 is 15.1 Å². The largest absolute Gasteiger partial charge is 0.367 e. The lowest BCUT2D eigenvalue weighted by Crippen LogP contribution is -2.43. The first-order chi connectivity index (χ1) is 8.17. The summed E-state index contributed by atoms with van der Waals surface area (Å²) in [5.74, 6) is 0.647. The van der Waals surface area contributed by atoms with Gasteiger partial charge in [0.2, 0.25) is 0 Å². The summed E-state index contributed by atoms with van der Waals surface area (Å²) in [5.41, 5.74) is 0. The van der Waals surface area contributed by atoms with E-state index in [9.17, 15) is 10.1 Å². The zero-order valence-corrected chi connectivity index (χ0v) is 10.7. The molecule has 1 rings (SSSR count). The van der Waals surface area contributed by atoms with Crippen molar-refractivity contribution in [3.63, 3.8) is 0 Å². The average molecular weight is 242 g/mol. The smallest absolute Gasteiger partial charge is 0.274 e. The summed E-state index contributed by atoms with van der Waals surface area (Å²) in [6.07, 6.45) is 2.11. The number of nitrogens with zero attached hydrogens (tertiary/aromatic N) is 3. The standard InChI is InChI=1S/C11H22N4O2/c1-3-13(4-2)8-9-14-7-5-6-12-11(14)10-15(16)17/h10,12H,3-9H2,1-2H3. The van der Waals surface area contributed by atoms with Gasteiger partial charge in [0.15, 0.2) is 5.82 Å². The van der Waals surface area contributed by atoms with E-state index in [2.05, 4.69) is 29.0 Å². The molecule has 0 aromatic heterocycles. The minimum atomic E-state index is -0.391. The van der Waals surface area contributed by atoms with Crippen molar-refractivity contribution < 1.29 is 4.92 Å². The van der Waals surface area contributed by atoms with Gasteiger partial charge in [0.25, 0.3) is 6.20 Å². The predicted molar refractivity (Wildman–Crippen MR) is 67.1 cm³/mol. The third-order valence-corrected chi connectivity index (χ3v) is 3.06. The van der Waals surface area contributed by atoms with Gasteiger partial charge in [0, 0.05) is 26.2 Å². The van der Waals surface area contributed by atoms with Crippen LogP contribution in [0, 0.1) is 10.1 Å². The minimum absolute atomic E-state index is 0.391. The lowest BCUT2D eigenvalue weighted by Gasteiger charge is -2.32. The van der Waals surface area contributed by atoms with Gasteiger partial charge in [-0.25, -0.2) is 0 Å². The van der Waals surface area contributed by atoms with Gasteiger partial charge in [0.05, 0.1) is 4.92 Å². The number of hydrogen-bond donors (Lipinski definition) is 1. The highest BCUT2D eigenvalue weighted by Gasteiger charge is 2.17. The molecule has 0 radical (unpaired) electrons. The predicted octanol–water partition coefficient (Wildman–Crippen LogP) is 0.699. The Morgan fingerprint density at radius 2 is 2.24 bits per heavy atom. The Morgan fingerprint density at radius 3 is 2.82 bits per heavy atom. The van der Waals surface area contributed by atoms with Crippen LogP contribution in [-0.2, 0) is 0 Å². The lowest BCUT2D eigenvalue weighted by molar-refractivity contribution is -0.404. The zero-order valence-electron chi connectivity index (χ0n) is 10.7. The monoisotopic (exact) mass is 242 g/mol. The molecule has 17 heavy (non-hydrogen) atoms. The molecule has 0 spiro atoms. The van der Waals surface area contributed by atoms with Crippen molar-refractivity contribution in [3.05, 3.63) is 22.1 Å². The average Bonchev–Trinajstić information content (AvgIpc) is 2.31. The molecule has 98 valence electrons. The third kappa shape index (κ3) is 4.60. The molecule has 0 atom stereocenters. The van der Waals surface area contributed by atoms with Crippen molar-refractivity contribution in [2.45, 2.75) is 20.3 Å². The van der Waals surface area contributed by atoms with Crippen LogP contribution in [0.5, 0.6) is 0 Å². The summed E-state index contributed by atoms with van der Waals surface area (Å²) in [7, 11) is 0. The van der Waals surface area contributed by atoms with Gasteiger partial charge in [-0.05, 0) is 19.5 Å². The molecule has 0 aliphatic carbocycles. The first-order valence-electron chi connectivity index (χ1n) is 6.23. The summed E-state index contributed by atoms with van der Waals surface area (Å²) in [5, 5.41) is 13.6. The van der Waals surface area contributed by atoms with E-state index in [4.69, 9.17) is 0 Å².